The van der Waals surface area contributed by atoms with Gasteiger partial charge in [-0.15, -0.1) is 0 Å². The van der Waals surface area contributed by atoms with Gasteiger partial charge in [0.05, 0.1) is 12.1 Å². The van der Waals surface area contributed by atoms with Crippen LogP contribution in [0.25, 0.3) is 0 Å². The molecule has 0 bridgehead atoms. The smallest absolute Gasteiger partial charge is 0.255 e. The van der Waals surface area contributed by atoms with Gasteiger partial charge in [-0.05, 0) is 41.8 Å². The molecule has 108 valence electrons. The first kappa shape index (κ1) is 15.2. The van der Waals surface area contributed by atoms with Gasteiger partial charge in [0.15, 0.2) is 0 Å². The van der Waals surface area contributed by atoms with E-state index in [2.05, 4.69) is 27.9 Å². The first-order valence-corrected chi connectivity index (χ1v) is 7.67. The van der Waals surface area contributed by atoms with Gasteiger partial charge in [0.25, 0.3) is 5.91 Å². The Balaban J connectivity index is 1.96. The molecular weight excluding hydrogens is 369 g/mol. The van der Waals surface area contributed by atoms with Crippen LogP contribution >= 0.6 is 22.6 Å². The molecule has 0 atom stereocenters. The number of amides is 2. The highest BCUT2D eigenvalue weighted by atomic mass is 127. The monoisotopic (exact) mass is 387 g/mol. The van der Waals surface area contributed by atoms with Crippen LogP contribution in [0, 0.1) is 3.57 Å². The van der Waals surface area contributed by atoms with Crippen LogP contribution < -0.4 is 5.32 Å². The maximum Gasteiger partial charge on any atom is 0.255 e. The van der Waals surface area contributed by atoms with E-state index in [0.29, 0.717) is 32.7 Å². The van der Waals surface area contributed by atoms with Gasteiger partial charge in [0.2, 0.25) is 5.91 Å². The summed E-state index contributed by atoms with van der Waals surface area (Å²) in [7, 11) is 1.76. The molecule has 6 heteroatoms. The summed E-state index contributed by atoms with van der Waals surface area (Å²) < 4.78 is 0.962. The van der Waals surface area contributed by atoms with E-state index in [4.69, 9.17) is 0 Å². The fraction of sp³-hybridized carbons (Fsp3) is 0.429. The van der Waals surface area contributed by atoms with E-state index in [-0.39, 0.29) is 11.8 Å². The highest BCUT2D eigenvalue weighted by Crippen LogP contribution is 2.15. The molecule has 0 unspecified atom stereocenters. The fourth-order valence-electron chi connectivity index (χ4n) is 2.23. The summed E-state index contributed by atoms with van der Waals surface area (Å²) in [6.07, 6.45) is 0. The molecule has 0 spiro atoms. The molecular formula is C14H18IN3O2. The van der Waals surface area contributed by atoms with Crippen LogP contribution in [-0.4, -0.2) is 61.4 Å². The minimum Gasteiger partial charge on any atom is -0.338 e. The van der Waals surface area contributed by atoms with Crippen molar-refractivity contribution in [3.63, 3.8) is 0 Å². The van der Waals surface area contributed by atoms with Crippen molar-refractivity contribution in [2.24, 2.45) is 0 Å². The van der Waals surface area contributed by atoms with Crippen molar-refractivity contribution in [2.75, 3.05) is 39.8 Å². The van der Waals surface area contributed by atoms with E-state index in [1.54, 1.807) is 11.9 Å². The van der Waals surface area contributed by atoms with Crippen LogP contribution in [0.4, 0.5) is 0 Å². The summed E-state index contributed by atoms with van der Waals surface area (Å²) in [6.45, 7) is 2.76. The number of piperazine rings is 1. The molecule has 1 N–H and O–H groups in total. The Kier molecular flexibility index (Phi) is 5.36. The lowest BCUT2D eigenvalue weighted by Gasteiger charge is -2.35. The van der Waals surface area contributed by atoms with Gasteiger partial charge in [0, 0.05) is 29.7 Å². The van der Waals surface area contributed by atoms with Crippen molar-refractivity contribution >= 4 is 34.4 Å². The van der Waals surface area contributed by atoms with Gasteiger partial charge in [-0.3, -0.25) is 9.59 Å². The number of likely N-dealkylation sites (N-methyl/N-ethyl adjacent to an activating group) is 1. The maximum absolute atomic E-state index is 12.4. The van der Waals surface area contributed by atoms with E-state index in [1.165, 1.54) is 0 Å². The van der Waals surface area contributed by atoms with Gasteiger partial charge in [-0.1, -0.05) is 12.1 Å². The summed E-state index contributed by atoms with van der Waals surface area (Å²) in [5.41, 5.74) is 0.739. The molecule has 0 saturated carbocycles. The van der Waals surface area contributed by atoms with E-state index in [0.717, 1.165) is 9.13 Å². The van der Waals surface area contributed by atoms with Crippen LogP contribution in [0.1, 0.15) is 10.4 Å². The number of halogens is 1. The molecule has 0 aromatic heterocycles. The Labute approximate surface area is 132 Å². The third kappa shape index (κ3) is 3.49. The average Bonchev–Trinajstić information content (AvgIpc) is 2.47. The van der Waals surface area contributed by atoms with Crippen LogP contribution in [0.2, 0.25) is 0 Å². The van der Waals surface area contributed by atoms with Crippen LogP contribution in [-0.2, 0) is 4.79 Å². The molecule has 20 heavy (non-hydrogen) atoms. The molecule has 1 aromatic rings. The molecule has 1 heterocycles. The van der Waals surface area contributed by atoms with Crippen molar-refractivity contribution in [3.8, 4) is 0 Å². The fourth-order valence-corrected chi connectivity index (χ4v) is 2.85. The van der Waals surface area contributed by atoms with E-state index < -0.39 is 0 Å². The van der Waals surface area contributed by atoms with Crippen molar-refractivity contribution in [2.45, 2.75) is 0 Å². The predicted molar refractivity (Wildman–Crippen MR) is 85.6 cm³/mol. The number of hydrogen-bond acceptors (Lipinski definition) is 3. The number of carbonyl (C=O) groups is 2. The number of hydrogen-bond donors (Lipinski definition) is 1. The van der Waals surface area contributed by atoms with Crippen LogP contribution in [0.3, 0.4) is 0 Å². The Morgan fingerprint density at radius 2 is 1.75 bits per heavy atom. The molecule has 1 aliphatic rings. The van der Waals surface area contributed by atoms with Crippen molar-refractivity contribution in [1.82, 2.24) is 15.1 Å². The minimum absolute atomic E-state index is 0.0516. The SMILES string of the molecule is CNCC(=O)N1CCN(C(=O)c2ccccc2I)CC1. The minimum atomic E-state index is 0.0516. The van der Waals surface area contributed by atoms with Crippen LogP contribution in [0.15, 0.2) is 24.3 Å². The zero-order valence-corrected chi connectivity index (χ0v) is 13.6. The molecule has 2 rings (SSSR count). The topological polar surface area (TPSA) is 52.7 Å². The van der Waals surface area contributed by atoms with Gasteiger partial charge in [0.1, 0.15) is 0 Å². The van der Waals surface area contributed by atoms with Gasteiger partial charge in [-0.25, -0.2) is 0 Å². The molecule has 1 aromatic carbocycles. The van der Waals surface area contributed by atoms with Crippen molar-refractivity contribution < 1.29 is 9.59 Å². The summed E-state index contributed by atoms with van der Waals surface area (Å²) in [5.74, 6) is 0.143. The highest BCUT2D eigenvalue weighted by Gasteiger charge is 2.25. The maximum atomic E-state index is 12.4. The summed E-state index contributed by atoms with van der Waals surface area (Å²) >= 11 is 2.18. The average molecular weight is 387 g/mol. The predicted octanol–water partition coefficient (Wildman–Crippen LogP) is 0.795. The summed E-state index contributed by atoms with van der Waals surface area (Å²) in [4.78, 5) is 27.8. The molecule has 2 amide bonds. The number of nitrogens with one attached hydrogen (secondary N) is 1. The second kappa shape index (κ2) is 7.03. The van der Waals surface area contributed by atoms with E-state index in [1.807, 2.05) is 29.2 Å². The summed E-state index contributed by atoms with van der Waals surface area (Å²) in [5, 5.41) is 2.86. The third-order valence-electron chi connectivity index (χ3n) is 3.35. The largest absolute Gasteiger partial charge is 0.338 e. The molecule has 1 fully saturated rings. The molecule has 1 aliphatic heterocycles. The van der Waals surface area contributed by atoms with Crippen molar-refractivity contribution in [1.29, 1.82) is 0 Å². The Hall–Kier alpha value is -1.15. The second-order valence-corrected chi connectivity index (χ2v) is 5.85. The number of benzene rings is 1. The Morgan fingerprint density at radius 1 is 1.15 bits per heavy atom. The first-order chi connectivity index (χ1) is 9.63. The van der Waals surface area contributed by atoms with Gasteiger partial charge < -0.3 is 15.1 Å². The highest BCUT2D eigenvalue weighted by molar-refractivity contribution is 14.1. The lowest BCUT2D eigenvalue weighted by atomic mass is 10.2. The Bertz CT molecular complexity index is 499. The van der Waals surface area contributed by atoms with Crippen molar-refractivity contribution in [3.05, 3.63) is 33.4 Å². The summed E-state index contributed by atoms with van der Waals surface area (Å²) in [6, 6.07) is 7.58. The lowest BCUT2D eigenvalue weighted by Crippen LogP contribution is -2.52. The molecule has 5 nitrogen and oxygen atoms in total. The zero-order valence-electron chi connectivity index (χ0n) is 11.4. The standard InChI is InChI=1S/C14H18IN3O2/c1-16-10-13(19)17-6-8-18(9-7-17)14(20)11-4-2-3-5-12(11)15/h2-5,16H,6-10H2,1H3. The molecule has 1 saturated heterocycles. The molecule has 0 radical (unpaired) electrons. The first-order valence-electron chi connectivity index (χ1n) is 6.59. The third-order valence-corrected chi connectivity index (χ3v) is 4.29. The zero-order chi connectivity index (χ0) is 14.5. The van der Waals surface area contributed by atoms with Crippen LogP contribution in [0.5, 0.6) is 0 Å². The Morgan fingerprint density at radius 3 is 2.35 bits per heavy atom. The van der Waals surface area contributed by atoms with E-state index >= 15 is 0 Å². The quantitative estimate of drug-likeness (QED) is 0.781. The normalized spacial score (nSPS) is 15.3. The number of rotatable bonds is 3. The lowest BCUT2D eigenvalue weighted by molar-refractivity contribution is -0.131. The molecule has 0 aliphatic carbocycles. The van der Waals surface area contributed by atoms with E-state index in [9.17, 15) is 9.59 Å². The number of carbonyl (C=O) groups excluding carboxylic acids is 2. The van der Waals surface area contributed by atoms with Gasteiger partial charge in [-0.2, -0.15) is 0 Å². The second-order valence-electron chi connectivity index (χ2n) is 4.68. The number of nitrogens with zero attached hydrogens (tertiary/aromatic N) is 2. The van der Waals surface area contributed by atoms with Gasteiger partial charge >= 0.3 is 0 Å².